The summed E-state index contributed by atoms with van der Waals surface area (Å²) >= 11 is 1.34. The van der Waals surface area contributed by atoms with Crippen molar-refractivity contribution < 1.29 is 4.79 Å². The third kappa shape index (κ3) is 4.22. The molecule has 156 valence electrons. The van der Waals surface area contributed by atoms with E-state index < -0.39 is 0 Å². The molecule has 0 radical (unpaired) electrons. The molecule has 0 fully saturated rings. The molecule has 0 bridgehead atoms. The fourth-order valence-electron chi connectivity index (χ4n) is 3.50. The maximum absolute atomic E-state index is 13.1. The minimum atomic E-state index is -0.144. The summed E-state index contributed by atoms with van der Waals surface area (Å²) in [6.07, 6.45) is 1.77. The van der Waals surface area contributed by atoms with Crippen LogP contribution >= 0.6 is 11.3 Å². The van der Waals surface area contributed by atoms with Gasteiger partial charge in [-0.2, -0.15) is 0 Å². The number of fused-ring (bicyclic) bond motifs is 1. The molecule has 0 unspecified atom stereocenters. The quantitative estimate of drug-likeness (QED) is 0.341. The van der Waals surface area contributed by atoms with Gasteiger partial charge in [-0.15, -0.1) is 0 Å². The Morgan fingerprint density at radius 2 is 1.59 bits per heavy atom. The minimum Gasteiger partial charge on any atom is -0.347 e. The van der Waals surface area contributed by atoms with Crippen LogP contribution in [-0.2, 0) is 6.54 Å². The molecule has 0 saturated carbocycles. The van der Waals surface area contributed by atoms with Gasteiger partial charge < -0.3 is 10.6 Å². The second-order valence-electron chi connectivity index (χ2n) is 7.24. The van der Waals surface area contributed by atoms with Gasteiger partial charge in [-0.05, 0) is 17.7 Å². The lowest BCUT2D eigenvalue weighted by Crippen LogP contribution is -2.22. The van der Waals surface area contributed by atoms with Crippen LogP contribution in [0.3, 0.4) is 0 Å². The zero-order valence-electron chi connectivity index (χ0n) is 17.2. The van der Waals surface area contributed by atoms with Gasteiger partial charge in [0.25, 0.3) is 5.91 Å². The number of hydrogen-bond acceptors (Lipinski definition) is 5. The number of hydrogen-bond donors (Lipinski definition) is 2. The number of thiazole rings is 1. The molecular weight excluding hydrogens is 416 g/mol. The molecule has 0 aliphatic rings. The van der Waals surface area contributed by atoms with Crippen LogP contribution in [-0.4, -0.2) is 15.9 Å². The van der Waals surface area contributed by atoms with Crippen molar-refractivity contribution >= 4 is 39.0 Å². The molecule has 3 aromatic carbocycles. The molecule has 32 heavy (non-hydrogen) atoms. The van der Waals surface area contributed by atoms with Gasteiger partial charge in [0, 0.05) is 23.7 Å². The number of pyridine rings is 1. The van der Waals surface area contributed by atoms with E-state index in [2.05, 4.69) is 15.6 Å². The van der Waals surface area contributed by atoms with Gasteiger partial charge in [-0.3, -0.25) is 9.78 Å². The fraction of sp³-hybridized carbons (Fsp3) is 0.0385. The Hall–Kier alpha value is -4.03. The van der Waals surface area contributed by atoms with E-state index in [0.717, 1.165) is 27.7 Å². The molecule has 0 aliphatic carbocycles. The van der Waals surface area contributed by atoms with Crippen LogP contribution in [0.15, 0.2) is 97.2 Å². The average molecular weight is 437 g/mol. The first-order valence-corrected chi connectivity index (χ1v) is 11.1. The van der Waals surface area contributed by atoms with Gasteiger partial charge in [-0.25, -0.2) is 4.98 Å². The van der Waals surface area contributed by atoms with Crippen LogP contribution in [0.5, 0.6) is 0 Å². The predicted octanol–water partition coefficient (Wildman–Crippen LogP) is 6.03. The second kappa shape index (κ2) is 8.99. The van der Waals surface area contributed by atoms with Crippen molar-refractivity contribution in [1.82, 2.24) is 15.3 Å². The molecular formula is C26H20N4OS. The summed E-state index contributed by atoms with van der Waals surface area (Å²) in [5, 5.41) is 8.08. The normalized spacial score (nSPS) is 10.8. The van der Waals surface area contributed by atoms with Crippen LogP contribution in [0.1, 0.15) is 15.2 Å². The lowest BCUT2D eigenvalue weighted by Gasteiger charge is -2.06. The molecule has 6 heteroatoms. The highest BCUT2D eigenvalue weighted by Crippen LogP contribution is 2.34. The van der Waals surface area contributed by atoms with Crippen molar-refractivity contribution in [3.63, 3.8) is 0 Å². The molecule has 5 rings (SSSR count). The van der Waals surface area contributed by atoms with Crippen LogP contribution in [0.4, 0.5) is 10.8 Å². The molecule has 0 atom stereocenters. The molecule has 0 spiro atoms. The van der Waals surface area contributed by atoms with Crippen molar-refractivity contribution in [3.8, 4) is 11.3 Å². The molecule has 2 aromatic heterocycles. The van der Waals surface area contributed by atoms with Crippen molar-refractivity contribution in [3.05, 3.63) is 108 Å². The van der Waals surface area contributed by atoms with Gasteiger partial charge in [0.15, 0.2) is 5.13 Å². The number of para-hydroxylation sites is 1. The summed E-state index contributed by atoms with van der Waals surface area (Å²) in [6, 6.07) is 29.5. The molecule has 5 nitrogen and oxygen atoms in total. The zero-order valence-corrected chi connectivity index (χ0v) is 18.0. The van der Waals surface area contributed by atoms with Gasteiger partial charge in [0.05, 0.1) is 16.9 Å². The average Bonchev–Trinajstić information content (AvgIpc) is 3.28. The number of nitrogens with zero attached hydrogens (tertiary/aromatic N) is 2. The first kappa shape index (κ1) is 19.9. The number of benzene rings is 3. The molecule has 1 amide bonds. The van der Waals surface area contributed by atoms with E-state index in [9.17, 15) is 4.79 Å². The van der Waals surface area contributed by atoms with Gasteiger partial charge in [0.2, 0.25) is 0 Å². The number of rotatable bonds is 6. The number of anilines is 2. The Labute approximate surface area is 189 Å². The van der Waals surface area contributed by atoms with E-state index >= 15 is 0 Å². The smallest absolute Gasteiger partial charge is 0.264 e. The maximum Gasteiger partial charge on any atom is 0.264 e. The van der Waals surface area contributed by atoms with E-state index in [4.69, 9.17) is 4.98 Å². The number of amides is 1. The highest BCUT2D eigenvalue weighted by molar-refractivity contribution is 7.18. The van der Waals surface area contributed by atoms with Crippen LogP contribution in [0.25, 0.3) is 22.2 Å². The van der Waals surface area contributed by atoms with E-state index in [1.54, 1.807) is 6.20 Å². The number of carbonyl (C=O) groups excluding carboxylic acids is 1. The van der Waals surface area contributed by atoms with E-state index in [-0.39, 0.29) is 5.91 Å². The molecule has 0 saturated heterocycles. The summed E-state index contributed by atoms with van der Waals surface area (Å²) < 4.78 is 0. The first-order chi connectivity index (χ1) is 15.8. The van der Waals surface area contributed by atoms with Crippen LogP contribution in [0.2, 0.25) is 0 Å². The summed E-state index contributed by atoms with van der Waals surface area (Å²) in [5.74, 6) is -0.144. The number of nitrogens with one attached hydrogen (secondary N) is 2. The Morgan fingerprint density at radius 3 is 2.41 bits per heavy atom. The minimum absolute atomic E-state index is 0.144. The van der Waals surface area contributed by atoms with Gasteiger partial charge in [0.1, 0.15) is 4.88 Å². The van der Waals surface area contributed by atoms with E-state index in [1.165, 1.54) is 11.3 Å². The topological polar surface area (TPSA) is 66.9 Å². The second-order valence-corrected chi connectivity index (χ2v) is 8.24. The highest BCUT2D eigenvalue weighted by Gasteiger charge is 2.20. The van der Waals surface area contributed by atoms with Crippen molar-refractivity contribution in [2.45, 2.75) is 6.54 Å². The Bertz CT molecular complexity index is 1360. The van der Waals surface area contributed by atoms with Crippen molar-refractivity contribution in [2.75, 3.05) is 5.32 Å². The summed E-state index contributed by atoms with van der Waals surface area (Å²) in [5.41, 5.74) is 4.33. The van der Waals surface area contributed by atoms with E-state index in [0.29, 0.717) is 22.2 Å². The highest BCUT2D eigenvalue weighted by atomic mass is 32.1. The standard InChI is InChI=1S/C26H20N4OS/c31-25(28-17-18-9-3-1-4-10-18)24-23(20-11-5-2-6-12-20)30-26(32-24)29-21-15-7-13-19-14-8-16-27-22(19)21/h1-16H,17H2,(H,28,31)(H,29,30). The Morgan fingerprint density at radius 1 is 0.844 bits per heavy atom. The monoisotopic (exact) mass is 436 g/mol. The van der Waals surface area contributed by atoms with Gasteiger partial charge in [-0.1, -0.05) is 90.2 Å². The first-order valence-electron chi connectivity index (χ1n) is 10.3. The predicted molar refractivity (Wildman–Crippen MR) is 130 cm³/mol. The SMILES string of the molecule is O=C(NCc1ccccc1)c1sc(Nc2cccc3cccnc23)nc1-c1ccccc1. The summed E-state index contributed by atoms with van der Waals surface area (Å²) in [4.78, 5) is 23.0. The van der Waals surface area contributed by atoms with Crippen LogP contribution < -0.4 is 10.6 Å². The fourth-order valence-corrected chi connectivity index (χ4v) is 4.41. The van der Waals surface area contributed by atoms with E-state index in [1.807, 2.05) is 91.0 Å². The third-order valence-corrected chi connectivity index (χ3v) is 6.02. The van der Waals surface area contributed by atoms with Crippen LogP contribution in [0, 0.1) is 0 Å². The zero-order chi connectivity index (χ0) is 21.8. The Kier molecular flexibility index (Phi) is 5.59. The van der Waals surface area contributed by atoms with Gasteiger partial charge >= 0.3 is 0 Å². The van der Waals surface area contributed by atoms with Crippen molar-refractivity contribution in [2.24, 2.45) is 0 Å². The molecule has 2 N–H and O–H groups in total. The number of aromatic nitrogens is 2. The molecule has 2 heterocycles. The lowest BCUT2D eigenvalue weighted by molar-refractivity contribution is 0.0955. The largest absolute Gasteiger partial charge is 0.347 e. The summed E-state index contributed by atoms with van der Waals surface area (Å²) in [6.45, 7) is 0.460. The summed E-state index contributed by atoms with van der Waals surface area (Å²) in [7, 11) is 0. The maximum atomic E-state index is 13.1. The Balaban J connectivity index is 1.48. The number of carbonyl (C=O) groups is 1. The molecule has 0 aliphatic heterocycles. The van der Waals surface area contributed by atoms with Crippen molar-refractivity contribution in [1.29, 1.82) is 0 Å². The lowest BCUT2D eigenvalue weighted by atomic mass is 10.1. The third-order valence-electron chi connectivity index (χ3n) is 5.05. The molecule has 5 aromatic rings.